The number of aliphatic carboxylic acids is 2. The van der Waals surface area contributed by atoms with Crippen LogP contribution in [-0.4, -0.2) is 80.2 Å². The van der Waals surface area contributed by atoms with Crippen LogP contribution in [0.25, 0.3) is 10.9 Å². The number of benzene rings is 1. The van der Waals surface area contributed by atoms with Gasteiger partial charge in [0, 0.05) is 23.5 Å². The van der Waals surface area contributed by atoms with Gasteiger partial charge in [-0.15, -0.1) is 0 Å². The lowest BCUT2D eigenvalue weighted by molar-refractivity contribution is -0.144. The van der Waals surface area contributed by atoms with Gasteiger partial charge in [-0.1, -0.05) is 32.0 Å². The number of aromatic nitrogens is 1. The van der Waals surface area contributed by atoms with Crippen molar-refractivity contribution in [2.45, 2.75) is 63.9 Å². The van der Waals surface area contributed by atoms with E-state index in [9.17, 15) is 39.3 Å². The van der Waals surface area contributed by atoms with Gasteiger partial charge in [-0.05, 0) is 24.5 Å². The van der Waals surface area contributed by atoms with Crippen molar-refractivity contribution in [2.24, 2.45) is 11.7 Å². The lowest BCUT2D eigenvalue weighted by Crippen LogP contribution is -2.59. The van der Waals surface area contributed by atoms with E-state index in [0.29, 0.717) is 5.56 Å². The summed E-state index contributed by atoms with van der Waals surface area (Å²) in [6.45, 7) is 4.42. The summed E-state index contributed by atoms with van der Waals surface area (Å²) in [5, 5.41) is 36.1. The van der Waals surface area contributed by atoms with E-state index in [1.807, 2.05) is 12.1 Å². The Hall–Kier alpha value is -3.97. The summed E-state index contributed by atoms with van der Waals surface area (Å²) < 4.78 is 0. The molecule has 9 N–H and O–H groups in total. The standard InChI is InChI=1S/C24H33N5O8/c1-11(2)20(24(36)37)29-22(34)17(9-18(31)32)27-21(33)16(28-23(35)19(25)12(3)30)8-13-10-26-15-7-5-4-6-14(13)15/h4-7,10-12,16-17,19-20,26,30H,8-9,25H2,1-3H3,(H,27,33)(H,28,35)(H,29,34)(H,31,32)(H,36,37). The van der Waals surface area contributed by atoms with Crippen molar-refractivity contribution in [1.82, 2.24) is 20.9 Å². The van der Waals surface area contributed by atoms with Crippen molar-refractivity contribution in [1.29, 1.82) is 0 Å². The van der Waals surface area contributed by atoms with E-state index in [0.717, 1.165) is 10.9 Å². The van der Waals surface area contributed by atoms with E-state index in [1.54, 1.807) is 32.2 Å². The molecule has 0 saturated heterocycles. The number of nitrogens with one attached hydrogen (secondary N) is 4. The number of hydrogen-bond acceptors (Lipinski definition) is 7. The summed E-state index contributed by atoms with van der Waals surface area (Å²) in [6.07, 6.45) is -0.457. The topological polar surface area (TPSA) is 224 Å². The highest BCUT2D eigenvalue weighted by Gasteiger charge is 2.33. The van der Waals surface area contributed by atoms with Gasteiger partial charge in [0.2, 0.25) is 17.7 Å². The Morgan fingerprint density at radius 2 is 1.51 bits per heavy atom. The molecule has 0 aliphatic carbocycles. The molecule has 1 heterocycles. The van der Waals surface area contributed by atoms with Crippen LogP contribution in [0.1, 0.15) is 32.8 Å². The number of nitrogens with two attached hydrogens (primary N) is 1. The number of carboxylic acids is 2. The molecule has 5 unspecified atom stereocenters. The van der Waals surface area contributed by atoms with Crippen molar-refractivity contribution in [2.75, 3.05) is 0 Å². The maximum absolute atomic E-state index is 13.3. The largest absolute Gasteiger partial charge is 0.481 e. The number of carbonyl (C=O) groups excluding carboxylic acids is 3. The summed E-state index contributed by atoms with van der Waals surface area (Å²) in [7, 11) is 0. The van der Waals surface area contributed by atoms with Gasteiger partial charge < -0.3 is 42.0 Å². The second-order valence-electron chi connectivity index (χ2n) is 9.12. The van der Waals surface area contributed by atoms with Crippen LogP contribution in [0.15, 0.2) is 30.5 Å². The summed E-state index contributed by atoms with van der Waals surface area (Å²) in [4.78, 5) is 64.5. The molecule has 3 amide bonds. The van der Waals surface area contributed by atoms with Crippen molar-refractivity contribution in [3.63, 3.8) is 0 Å². The predicted molar refractivity (Wildman–Crippen MR) is 132 cm³/mol. The zero-order valence-corrected chi connectivity index (χ0v) is 20.7. The first-order valence-corrected chi connectivity index (χ1v) is 11.7. The fourth-order valence-electron chi connectivity index (χ4n) is 3.64. The van der Waals surface area contributed by atoms with Gasteiger partial charge in [0.05, 0.1) is 12.5 Å². The Bertz CT molecular complexity index is 1150. The van der Waals surface area contributed by atoms with E-state index in [2.05, 4.69) is 20.9 Å². The van der Waals surface area contributed by atoms with E-state index >= 15 is 0 Å². The third-order valence-electron chi connectivity index (χ3n) is 5.80. The van der Waals surface area contributed by atoms with Crippen molar-refractivity contribution >= 4 is 40.6 Å². The third kappa shape index (κ3) is 8.02. The number of carbonyl (C=O) groups is 5. The number of para-hydroxylation sites is 1. The van der Waals surface area contributed by atoms with Crippen LogP contribution in [0, 0.1) is 5.92 Å². The molecular formula is C24H33N5O8. The number of fused-ring (bicyclic) bond motifs is 1. The van der Waals surface area contributed by atoms with Crippen LogP contribution in [-0.2, 0) is 30.4 Å². The molecule has 13 heteroatoms. The van der Waals surface area contributed by atoms with Crippen LogP contribution in [0.3, 0.4) is 0 Å². The molecule has 202 valence electrons. The highest BCUT2D eigenvalue weighted by Crippen LogP contribution is 2.19. The van der Waals surface area contributed by atoms with Gasteiger partial charge >= 0.3 is 11.9 Å². The lowest BCUT2D eigenvalue weighted by Gasteiger charge is -2.25. The number of amides is 3. The second kappa shape index (κ2) is 12.8. The maximum Gasteiger partial charge on any atom is 0.326 e. The average Bonchev–Trinajstić information content (AvgIpc) is 3.22. The zero-order valence-electron chi connectivity index (χ0n) is 20.7. The molecule has 0 aliphatic heterocycles. The highest BCUT2D eigenvalue weighted by molar-refractivity contribution is 5.96. The number of hydrogen-bond donors (Lipinski definition) is 8. The van der Waals surface area contributed by atoms with Gasteiger partial charge in [0.15, 0.2) is 0 Å². The highest BCUT2D eigenvalue weighted by atomic mass is 16.4. The van der Waals surface area contributed by atoms with Gasteiger partial charge in [-0.3, -0.25) is 19.2 Å². The normalized spacial score (nSPS) is 15.3. The smallest absolute Gasteiger partial charge is 0.326 e. The molecule has 1 aromatic heterocycles. The van der Waals surface area contributed by atoms with Crippen molar-refractivity contribution < 1.29 is 39.3 Å². The molecule has 13 nitrogen and oxygen atoms in total. The Morgan fingerprint density at radius 1 is 0.919 bits per heavy atom. The monoisotopic (exact) mass is 519 g/mol. The van der Waals surface area contributed by atoms with Crippen molar-refractivity contribution in [3.05, 3.63) is 36.0 Å². The molecule has 0 fully saturated rings. The van der Waals surface area contributed by atoms with E-state index < -0.39 is 72.3 Å². The zero-order chi connectivity index (χ0) is 27.9. The summed E-state index contributed by atoms with van der Waals surface area (Å²) >= 11 is 0. The molecule has 0 aliphatic rings. The average molecular weight is 520 g/mol. The minimum absolute atomic E-state index is 0.0563. The summed E-state index contributed by atoms with van der Waals surface area (Å²) in [6, 6.07) is 1.63. The van der Waals surface area contributed by atoms with Gasteiger partial charge in [-0.2, -0.15) is 0 Å². The van der Waals surface area contributed by atoms with Crippen LogP contribution in [0.5, 0.6) is 0 Å². The van der Waals surface area contributed by atoms with Crippen LogP contribution >= 0.6 is 0 Å². The van der Waals surface area contributed by atoms with Crippen LogP contribution in [0.4, 0.5) is 0 Å². The molecule has 37 heavy (non-hydrogen) atoms. The van der Waals surface area contributed by atoms with Crippen LogP contribution in [0.2, 0.25) is 0 Å². The first-order chi connectivity index (χ1) is 17.3. The molecular weight excluding hydrogens is 486 g/mol. The number of rotatable bonds is 13. The molecule has 0 saturated carbocycles. The summed E-state index contributed by atoms with van der Waals surface area (Å²) in [5.41, 5.74) is 7.12. The number of carboxylic acid groups (broad SMARTS) is 2. The Kier molecular flexibility index (Phi) is 10.1. The molecule has 1 aromatic carbocycles. The molecule has 0 radical (unpaired) electrons. The fourth-order valence-corrected chi connectivity index (χ4v) is 3.64. The van der Waals surface area contributed by atoms with Gasteiger partial charge in [-0.25, -0.2) is 4.79 Å². The minimum Gasteiger partial charge on any atom is -0.481 e. The second-order valence-corrected chi connectivity index (χ2v) is 9.12. The molecule has 2 rings (SSSR count). The van der Waals surface area contributed by atoms with E-state index in [-0.39, 0.29) is 6.42 Å². The van der Waals surface area contributed by atoms with Gasteiger partial charge in [0.1, 0.15) is 24.2 Å². The Labute approximate surface area is 212 Å². The van der Waals surface area contributed by atoms with E-state index in [1.165, 1.54) is 6.92 Å². The molecule has 5 atom stereocenters. The van der Waals surface area contributed by atoms with Gasteiger partial charge in [0.25, 0.3) is 0 Å². The molecule has 0 spiro atoms. The van der Waals surface area contributed by atoms with Crippen molar-refractivity contribution in [3.8, 4) is 0 Å². The number of H-pyrrole nitrogens is 1. The maximum atomic E-state index is 13.3. The van der Waals surface area contributed by atoms with E-state index in [4.69, 9.17) is 5.73 Å². The number of aliphatic hydroxyl groups excluding tert-OH is 1. The van der Waals surface area contributed by atoms with Crippen LogP contribution < -0.4 is 21.7 Å². The SMILES string of the molecule is CC(C)C(NC(=O)C(CC(=O)O)NC(=O)C(Cc1c[nH]c2ccccc12)NC(=O)C(N)C(C)O)C(=O)O. The lowest BCUT2D eigenvalue weighted by atomic mass is 10.0. The first-order valence-electron chi connectivity index (χ1n) is 11.7. The summed E-state index contributed by atoms with van der Waals surface area (Å²) in [5.74, 6) is -5.98. The fraction of sp³-hybridized carbons (Fsp3) is 0.458. The number of aliphatic hydroxyl groups is 1. The quantitative estimate of drug-likeness (QED) is 0.164. The number of aromatic amines is 1. The Morgan fingerprint density at radius 3 is 2.08 bits per heavy atom. The third-order valence-corrected chi connectivity index (χ3v) is 5.80. The predicted octanol–water partition coefficient (Wildman–Crippen LogP) is -0.912. The first kappa shape index (κ1) is 29.3. The Balaban J connectivity index is 2.32. The molecule has 0 bridgehead atoms. The minimum atomic E-state index is -1.63. The molecule has 2 aromatic rings.